The summed E-state index contributed by atoms with van der Waals surface area (Å²) in [5.41, 5.74) is -0.547. The number of benzene rings is 1. The molecule has 18 heavy (non-hydrogen) atoms. The molecule has 0 saturated carbocycles. The third-order valence-electron chi connectivity index (χ3n) is 1.83. The second kappa shape index (κ2) is 5.18. The Labute approximate surface area is 105 Å². The molecule has 0 radical (unpaired) electrons. The number of hydrogen-bond acceptors (Lipinski definition) is 5. The molecule has 8 heteroatoms. The second-order valence-corrected chi connectivity index (χ2v) is 3.51. The van der Waals surface area contributed by atoms with Gasteiger partial charge in [0, 0.05) is 4.90 Å². The number of carbonyl (C=O) groups is 1. The van der Waals surface area contributed by atoms with Crippen LogP contribution in [0, 0.1) is 11.3 Å². The maximum Gasteiger partial charge on any atom is 0.573 e. The summed E-state index contributed by atoms with van der Waals surface area (Å²) in [6.07, 6.45) is -4.95. The van der Waals surface area contributed by atoms with Gasteiger partial charge in [-0.05, 0) is 12.1 Å². The van der Waals surface area contributed by atoms with Gasteiger partial charge in [-0.25, -0.2) is 4.79 Å². The second-order valence-electron chi connectivity index (χ2n) is 3.02. The van der Waals surface area contributed by atoms with Gasteiger partial charge >= 0.3 is 12.3 Å². The van der Waals surface area contributed by atoms with Gasteiger partial charge in [0.1, 0.15) is 6.07 Å². The Hall–Kier alpha value is -1.88. The fourth-order valence-corrected chi connectivity index (χ4v) is 1.46. The molecular formula is C10H6F3NO3S. The molecule has 0 unspecified atom stereocenters. The van der Waals surface area contributed by atoms with E-state index in [4.69, 9.17) is 5.26 Å². The van der Waals surface area contributed by atoms with Crippen molar-refractivity contribution in [3.63, 3.8) is 0 Å². The average Bonchev–Trinajstić information content (AvgIpc) is 2.28. The van der Waals surface area contributed by atoms with Gasteiger partial charge in [-0.3, -0.25) is 0 Å². The van der Waals surface area contributed by atoms with Crippen molar-refractivity contribution in [2.24, 2.45) is 0 Å². The number of hydrogen-bond donors (Lipinski definition) is 1. The van der Waals surface area contributed by atoms with Crippen molar-refractivity contribution in [1.29, 1.82) is 5.26 Å². The Kier molecular flexibility index (Phi) is 4.08. The lowest BCUT2D eigenvalue weighted by molar-refractivity contribution is -0.275. The first-order valence-electron chi connectivity index (χ1n) is 4.39. The Morgan fingerprint density at radius 1 is 1.44 bits per heavy atom. The lowest BCUT2D eigenvalue weighted by Gasteiger charge is -2.13. The van der Waals surface area contributed by atoms with E-state index in [-0.39, 0.29) is 10.5 Å². The smallest absolute Gasteiger partial charge is 0.465 e. The van der Waals surface area contributed by atoms with Crippen molar-refractivity contribution in [2.45, 2.75) is 11.3 Å². The molecule has 0 N–H and O–H groups in total. The SMILES string of the molecule is COC(=O)c1cc(S)c(OC(F)(F)F)c(C#N)c1. The normalized spacial score (nSPS) is 10.7. The molecule has 0 spiro atoms. The predicted octanol–water partition coefficient (Wildman–Crippen LogP) is 2.53. The predicted molar refractivity (Wildman–Crippen MR) is 56.4 cm³/mol. The van der Waals surface area contributed by atoms with Crippen molar-refractivity contribution < 1.29 is 27.4 Å². The summed E-state index contributed by atoms with van der Waals surface area (Å²) in [5, 5.41) is 8.74. The minimum atomic E-state index is -4.95. The molecule has 96 valence electrons. The van der Waals surface area contributed by atoms with Crippen LogP contribution < -0.4 is 4.74 Å². The number of nitrogens with zero attached hydrogens (tertiary/aromatic N) is 1. The number of nitriles is 1. The molecule has 1 aromatic carbocycles. The van der Waals surface area contributed by atoms with Crippen molar-refractivity contribution >= 4 is 18.6 Å². The van der Waals surface area contributed by atoms with Crippen LogP contribution in [0.4, 0.5) is 13.2 Å². The standard InChI is InChI=1S/C10H6F3NO3S/c1-16-9(15)5-2-6(4-14)8(7(18)3-5)17-10(11,12)13/h2-3,18H,1H3. The van der Waals surface area contributed by atoms with Gasteiger partial charge < -0.3 is 9.47 Å². The van der Waals surface area contributed by atoms with Crippen LogP contribution in [0.5, 0.6) is 5.75 Å². The summed E-state index contributed by atoms with van der Waals surface area (Å²) in [6, 6.07) is 3.46. The highest BCUT2D eigenvalue weighted by Crippen LogP contribution is 2.33. The topological polar surface area (TPSA) is 59.3 Å². The van der Waals surface area contributed by atoms with E-state index < -0.39 is 23.6 Å². The number of halogens is 3. The molecule has 1 rings (SSSR count). The van der Waals surface area contributed by atoms with Crippen LogP contribution in [0.3, 0.4) is 0 Å². The van der Waals surface area contributed by atoms with E-state index in [0.717, 1.165) is 19.2 Å². The fourth-order valence-electron chi connectivity index (χ4n) is 1.16. The summed E-state index contributed by atoms with van der Waals surface area (Å²) in [4.78, 5) is 10.9. The number of thiol groups is 1. The number of esters is 1. The number of alkyl halides is 3. The molecule has 0 bridgehead atoms. The van der Waals surface area contributed by atoms with Crippen LogP contribution in [0.15, 0.2) is 17.0 Å². The molecule has 0 aliphatic carbocycles. The van der Waals surface area contributed by atoms with Crippen LogP contribution >= 0.6 is 12.6 Å². The van der Waals surface area contributed by atoms with Crippen LogP contribution in [0.25, 0.3) is 0 Å². The third-order valence-corrected chi connectivity index (χ3v) is 2.16. The Balaban J connectivity index is 3.30. The number of ether oxygens (including phenoxy) is 2. The van der Waals surface area contributed by atoms with E-state index in [2.05, 4.69) is 22.1 Å². The number of rotatable bonds is 2. The van der Waals surface area contributed by atoms with E-state index >= 15 is 0 Å². The summed E-state index contributed by atoms with van der Waals surface area (Å²) >= 11 is 3.75. The molecule has 0 heterocycles. The van der Waals surface area contributed by atoms with Crippen molar-refractivity contribution in [3.8, 4) is 11.8 Å². The average molecular weight is 277 g/mol. The van der Waals surface area contributed by atoms with Gasteiger partial charge in [-0.2, -0.15) is 5.26 Å². The monoisotopic (exact) mass is 277 g/mol. The third kappa shape index (κ3) is 3.30. The highest BCUT2D eigenvalue weighted by molar-refractivity contribution is 7.80. The van der Waals surface area contributed by atoms with Gasteiger partial charge in [-0.1, -0.05) is 0 Å². The van der Waals surface area contributed by atoms with Crippen LogP contribution in [-0.4, -0.2) is 19.4 Å². The summed E-state index contributed by atoms with van der Waals surface area (Å²) in [7, 11) is 1.10. The van der Waals surface area contributed by atoms with Gasteiger partial charge in [0.15, 0.2) is 5.75 Å². The van der Waals surface area contributed by atoms with Crippen LogP contribution in [0.2, 0.25) is 0 Å². The molecule has 0 aliphatic heterocycles. The van der Waals surface area contributed by atoms with Crippen LogP contribution in [-0.2, 0) is 4.74 Å². The molecule has 0 aromatic heterocycles. The Morgan fingerprint density at radius 3 is 2.50 bits per heavy atom. The molecule has 1 aromatic rings. The van der Waals surface area contributed by atoms with Crippen molar-refractivity contribution in [1.82, 2.24) is 0 Å². The number of methoxy groups -OCH3 is 1. The molecule has 0 amide bonds. The summed E-state index contributed by atoms with van der Waals surface area (Å²) in [6.45, 7) is 0. The largest absolute Gasteiger partial charge is 0.573 e. The summed E-state index contributed by atoms with van der Waals surface area (Å²) in [5.74, 6) is -1.54. The molecule has 4 nitrogen and oxygen atoms in total. The lowest BCUT2D eigenvalue weighted by atomic mass is 10.1. The quantitative estimate of drug-likeness (QED) is 0.666. The zero-order valence-corrected chi connectivity index (χ0v) is 9.80. The minimum absolute atomic E-state index is 0.0893. The molecule has 0 saturated heterocycles. The molecular weight excluding hydrogens is 271 g/mol. The van der Waals surface area contributed by atoms with E-state index in [0.29, 0.717) is 0 Å². The van der Waals surface area contributed by atoms with E-state index in [1.54, 1.807) is 0 Å². The fraction of sp³-hybridized carbons (Fsp3) is 0.200. The molecule has 0 aliphatic rings. The highest BCUT2D eigenvalue weighted by atomic mass is 32.1. The first-order valence-corrected chi connectivity index (χ1v) is 4.84. The number of carbonyl (C=O) groups excluding carboxylic acids is 1. The maximum absolute atomic E-state index is 12.1. The van der Waals surface area contributed by atoms with Crippen molar-refractivity contribution in [2.75, 3.05) is 7.11 Å². The summed E-state index contributed by atoms with van der Waals surface area (Å²) < 4.78 is 44.4. The first-order chi connectivity index (χ1) is 8.28. The molecule has 0 fully saturated rings. The molecule has 0 atom stereocenters. The zero-order valence-electron chi connectivity index (χ0n) is 8.91. The van der Waals surface area contributed by atoms with Gasteiger partial charge in [0.05, 0.1) is 18.2 Å². The van der Waals surface area contributed by atoms with E-state index in [9.17, 15) is 18.0 Å². The minimum Gasteiger partial charge on any atom is -0.465 e. The Bertz CT molecular complexity index is 522. The van der Waals surface area contributed by atoms with E-state index in [1.807, 2.05) is 0 Å². The van der Waals surface area contributed by atoms with Gasteiger partial charge in [0.25, 0.3) is 0 Å². The maximum atomic E-state index is 12.1. The van der Waals surface area contributed by atoms with Gasteiger partial charge in [-0.15, -0.1) is 25.8 Å². The zero-order chi connectivity index (χ0) is 13.9. The van der Waals surface area contributed by atoms with E-state index in [1.165, 1.54) is 6.07 Å². The lowest BCUT2D eigenvalue weighted by Crippen LogP contribution is -2.18. The van der Waals surface area contributed by atoms with Gasteiger partial charge in [0.2, 0.25) is 0 Å². The van der Waals surface area contributed by atoms with Crippen LogP contribution in [0.1, 0.15) is 15.9 Å². The van der Waals surface area contributed by atoms with Crippen molar-refractivity contribution in [3.05, 3.63) is 23.3 Å². The Morgan fingerprint density at radius 2 is 2.06 bits per heavy atom. The first kappa shape index (κ1) is 14.2. The highest BCUT2D eigenvalue weighted by Gasteiger charge is 2.33.